The summed E-state index contributed by atoms with van der Waals surface area (Å²) < 4.78 is 5.15. The predicted molar refractivity (Wildman–Crippen MR) is 66.7 cm³/mol. The van der Waals surface area contributed by atoms with E-state index in [0.29, 0.717) is 5.41 Å². The Morgan fingerprint density at radius 3 is 2.12 bits per heavy atom. The Bertz CT molecular complexity index is 202. The quantitative estimate of drug-likeness (QED) is 0.724. The van der Waals surface area contributed by atoms with Gasteiger partial charge >= 0.3 is 0 Å². The first-order chi connectivity index (χ1) is 7.74. The van der Waals surface area contributed by atoms with Gasteiger partial charge in [0.05, 0.1) is 6.61 Å². The van der Waals surface area contributed by atoms with Crippen LogP contribution in [0.4, 0.5) is 0 Å². The summed E-state index contributed by atoms with van der Waals surface area (Å²) in [6.45, 7) is 7.18. The van der Waals surface area contributed by atoms with Crippen LogP contribution in [0, 0.1) is 5.41 Å². The van der Waals surface area contributed by atoms with Gasteiger partial charge in [-0.25, -0.2) is 0 Å². The van der Waals surface area contributed by atoms with E-state index >= 15 is 0 Å². The van der Waals surface area contributed by atoms with Gasteiger partial charge in [-0.1, -0.05) is 0 Å². The predicted octanol–water partition coefficient (Wildman–Crippen LogP) is 1.44. The van der Waals surface area contributed by atoms with Gasteiger partial charge in [-0.05, 0) is 64.3 Å². The lowest BCUT2D eigenvalue weighted by Gasteiger charge is -2.46. The first kappa shape index (κ1) is 12.3. The Labute approximate surface area is 99.7 Å². The molecule has 2 heterocycles. The van der Waals surface area contributed by atoms with E-state index in [2.05, 4.69) is 16.8 Å². The average molecular weight is 226 g/mol. The van der Waals surface area contributed by atoms with Gasteiger partial charge in [-0.3, -0.25) is 0 Å². The maximum absolute atomic E-state index is 5.15. The Kier molecular flexibility index (Phi) is 4.22. The molecule has 0 aliphatic carbocycles. The van der Waals surface area contributed by atoms with Crippen molar-refractivity contribution in [2.45, 2.75) is 25.7 Å². The van der Waals surface area contributed by atoms with Crippen LogP contribution in [0.5, 0.6) is 0 Å². The lowest BCUT2D eigenvalue weighted by molar-refractivity contribution is 0.0334. The van der Waals surface area contributed by atoms with Crippen LogP contribution in [0.3, 0.4) is 0 Å². The zero-order valence-electron chi connectivity index (χ0n) is 10.9. The van der Waals surface area contributed by atoms with Gasteiger partial charge in [-0.2, -0.15) is 0 Å². The number of nitrogens with zero attached hydrogens (tertiary/aromatic N) is 2. The molecule has 1 spiro atoms. The number of methoxy groups -OCH3 is 1. The van der Waals surface area contributed by atoms with Crippen molar-refractivity contribution in [2.24, 2.45) is 5.41 Å². The molecule has 0 aromatic carbocycles. The van der Waals surface area contributed by atoms with E-state index in [-0.39, 0.29) is 0 Å². The van der Waals surface area contributed by atoms with Crippen LogP contribution in [0.25, 0.3) is 0 Å². The topological polar surface area (TPSA) is 15.7 Å². The van der Waals surface area contributed by atoms with Crippen LogP contribution in [-0.4, -0.2) is 63.3 Å². The summed E-state index contributed by atoms with van der Waals surface area (Å²) in [4.78, 5) is 5.04. The van der Waals surface area contributed by atoms with Crippen LogP contribution in [-0.2, 0) is 4.74 Å². The summed E-state index contributed by atoms with van der Waals surface area (Å²) in [6.07, 6.45) is 5.65. The smallest absolute Gasteiger partial charge is 0.0589 e. The summed E-state index contributed by atoms with van der Waals surface area (Å²) in [5, 5.41) is 0. The summed E-state index contributed by atoms with van der Waals surface area (Å²) >= 11 is 0. The van der Waals surface area contributed by atoms with Crippen molar-refractivity contribution >= 4 is 0 Å². The molecule has 2 saturated heterocycles. The van der Waals surface area contributed by atoms with E-state index < -0.39 is 0 Å². The minimum atomic E-state index is 0.691. The molecular formula is C13H26N2O. The normalized spacial score (nSPS) is 27.4. The van der Waals surface area contributed by atoms with Crippen molar-refractivity contribution in [3.8, 4) is 0 Å². The molecule has 2 aliphatic heterocycles. The zero-order chi connectivity index (χ0) is 11.4. The monoisotopic (exact) mass is 226 g/mol. The van der Waals surface area contributed by atoms with Gasteiger partial charge in [-0.15, -0.1) is 0 Å². The van der Waals surface area contributed by atoms with Crippen LogP contribution >= 0.6 is 0 Å². The molecule has 0 aromatic rings. The van der Waals surface area contributed by atoms with Crippen LogP contribution < -0.4 is 0 Å². The van der Waals surface area contributed by atoms with Gasteiger partial charge in [0, 0.05) is 13.7 Å². The lowest BCUT2D eigenvalue weighted by atomic mass is 9.71. The molecule has 0 bridgehead atoms. The van der Waals surface area contributed by atoms with Crippen molar-refractivity contribution in [1.29, 1.82) is 0 Å². The van der Waals surface area contributed by atoms with Gasteiger partial charge < -0.3 is 14.5 Å². The number of hydrogen-bond donors (Lipinski definition) is 0. The maximum atomic E-state index is 5.15. The standard InChI is InChI=1S/C13H26N2O/c1-14-7-3-13(4-8-14)5-9-15(10-6-13)11-12-16-2/h3-12H2,1-2H3. The van der Waals surface area contributed by atoms with E-state index in [1.807, 2.05) is 0 Å². The maximum Gasteiger partial charge on any atom is 0.0589 e. The fourth-order valence-corrected chi connectivity index (χ4v) is 3.06. The molecule has 0 N–H and O–H groups in total. The van der Waals surface area contributed by atoms with Crippen molar-refractivity contribution in [1.82, 2.24) is 9.80 Å². The molecule has 2 rings (SSSR count). The molecule has 16 heavy (non-hydrogen) atoms. The molecular weight excluding hydrogens is 200 g/mol. The third kappa shape index (κ3) is 2.96. The lowest BCUT2D eigenvalue weighted by Crippen LogP contribution is -2.46. The largest absolute Gasteiger partial charge is 0.383 e. The summed E-state index contributed by atoms with van der Waals surface area (Å²) in [7, 11) is 4.04. The average Bonchev–Trinajstić information content (AvgIpc) is 2.33. The highest BCUT2D eigenvalue weighted by Gasteiger charge is 2.36. The Morgan fingerprint density at radius 2 is 1.56 bits per heavy atom. The van der Waals surface area contributed by atoms with Crippen molar-refractivity contribution in [2.75, 3.05) is 53.5 Å². The highest BCUT2D eigenvalue weighted by Crippen LogP contribution is 2.40. The molecule has 3 heteroatoms. The molecule has 0 atom stereocenters. The fourth-order valence-electron chi connectivity index (χ4n) is 3.06. The molecule has 0 amide bonds. The summed E-state index contributed by atoms with van der Waals surface area (Å²) in [5.74, 6) is 0. The number of ether oxygens (including phenoxy) is 1. The fraction of sp³-hybridized carbons (Fsp3) is 1.00. The molecule has 0 aromatic heterocycles. The van der Waals surface area contributed by atoms with E-state index in [1.165, 1.54) is 51.9 Å². The first-order valence-electron chi connectivity index (χ1n) is 6.64. The second-order valence-electron chi connectivity index (χ2n) is 5.64. The van der Waals surface area contributed by atoms with E-state index in [0.717, 1.165) is 13.2 Å². The molecule has 0 saturated carbocycles. The number of piperidine rings is 2. The van der Waals surface area contributed by atoms with E-state index in [9.17, 15) is 0 Å². The van der Waals surface area contributed by atoms with Gasteiger partial charge in [0.1, 0.15) is 0 Å². The van der Waals surface area contributed by atoms with Gasteiger partial charge in [0.2, 0.25) is 0 Å². The molecule has 0 unspecified atom stereocenters. The minimum Gasteiger partial charge on any atom is -0.383 e. The molecule has 0 radical (unpaired) electrons. The van der Waals surface area contributed by atoms with E-state index in [1.54, 1.807) is 7.11 Å². The van der Waals surface area contributed by atoms with Gasteiger partial charge in [0.25, 0.3) is 0 Å². The molecule has 2 aliphatic rings. The second kappa shape index (κ2) is 5.48. The Hall–Kier alpha value is -0.120. The summed E-state index contributed by atoms with van der Waals surface area (Å²) in [5.41, 5.74) is 0.691. The van der Waals surface area contributed by atoms with Crippen molar-refractivity contribution in [3.05, 3.63) is 0 Å². The van der Waals surface area contributed by atoms with Crippen molar-refractivity contribution < 1.29 is 4.74 Å². The highest BCUT2D eigenvalue weighted by molar-refractivity contribution is 4.89. The van der Waals surface area contributed by atoms with Crippen LogP contribution in [0.2, 0.25) is 0 Å². The number of rotatable bonds is 3. The summed E-state index contributed by atoms with van der Waals surface area (Å²) in [6, 6.07) is 0. The van der Waals surface area contributed by atoms with Crippen molar-refractivity contribution in [3.63, 3.8) is 0 Å². The highest BCUT2D eigenvalue weighted by atomic mass is 16.5. The second-order valence-corrected chi connectivity index (χ2v) is 5.64. The first-order valence-corrected chi connectivity index (χ1v) is 6.64. The Morgan fingerprint density at radius 1 is 1.00 bits per heavy atom. The number of hydrogen-bond acceptors (Lipinski definition) is 3. The minimum absolute atomic E-state index is 0.691. The Balaban J connectivity index is 1.76. The molecule has 2 fully saturated rings. The van der Waals surface area contributed by atoms with Crippen LogP contribution in [0.15, 0.2) is 0 Å². The SMILES string of the molecule is COCCN1CCC2(CCN(C)CC2)CC1. The third-order valence-corrected chi connectivity index (χ3v) is 4.58. The molecule has 3 nitrogen and oxygen atoms in total. The third-order valence-electron chi connectivity index (χ3n) is 4.58. The molecule has 94 valence electrons. The zero-order valence-corrected chi connectivity index (χ0v) is 10.9. The van der Waals surface area contributed by atoms with Crippen LogP contribution in [0.1, 0.15) is 25.7 Å². The number of likely N-dealkylation sites (tertiary alicyclic amines) is 2. The van der Waals surface area contributed by atoms with Gasteiger partial charge in [0.15, 0.2) is 0 Å². The van der Waals surface area contributed by atoms with E-state index in [4.69, 9.17) is 4.74 Å².